The van der Waals surface area contributed by atoms with Crippen molar-refractivity contribution in [2.75, 3.05) is 7.11 Å². The molecule has 4 fully saturated rings. The summed E-state index contributed by atoms with van der Waals surface area (Å²) in [5, 5.41) is 2.73. The molecule has 1 amide bonds. The molecule has 4 saturated carbocycles. The second-order valence-corrected chi connectivity index (χ2v) is 9.12. The molecule has 4 aliphatic rings. The highest BCUT2D eigenvalue weighted by molar-refractivity contribution is 5.85. The predicted octanol–water partition coefficient (Wildman–Crippen LogP) is 2.79. The zero-order valence-electron chi connectivity index (χ0n) is 17.7. The molecule has 1 unspecified atom stereocenters. The maximum absolute atomic E-state index is 12.7. The lowest BCUT2D eigenvalue weighted by molar-refractivity contribution is -0.144. The molecular weight excluding hydrogens is 420 g/mol. The third-order valence-corrected chi connectivity index (χ3v) is 6.70. The van der Waals surface area contributed by atoms with Gasteiger partial charge in [-0.05, 0) is 74.0 Å². The Morgan fingerprint density at radius 3 is 2.13 bits per heavy atom. The number of halogens is 1. The molecular formula is C22H31ClN4O4. The number of nitrogens with two attached hydrogens (primary N) is 2. The van der Waals surface area contributed by atoms with Gasteiger partial charge in [0.1, 0.15) is 11.6 Å². The number of amides is 1. The maximum Gasteiger partial charge on any atom is 0.408 e. The van der Waals surface area contributed by atoms with Crippen LogP contribution in [0.3, 0.4) is 0 Å². The summed E-state index contributed by atoms with van der Waals surface area (Å²) in [6.45, 7) is 0. The van der Waals surface area contributed by atoms with Crippen LogP contribution in [0.4, 0.5) is 10.5 Å². The molecule has 1 atom stereocenters. The molecule has 0 radical (unpaired) electrons. The molecule has 170 valence electrons. The van der Waals surface area contributed by atoms with Gasteiger partial charge >= 0.3 is 12.1 Å². The maximum atomic E-state index is 12.7. The molecule has 5 N–H and O–H groups in total. The number of alkyl carbamates (subject to hydrolysis) is 1. The smallest absolute Gasteiger partial charge is 0.408 e. The van der Waals surface area contributed by atoms with Crippen molar-refractivity contribution >= 4 is 36.1 Å². The molecule has 0 spiro atoms. The zero-order chi connectivity index (χ0) is 21.3. The molecule has 0 heterocycles. The lowest BCUT2D eigenvalue weighted by atomic mass is 9.54. The van der Waals surface area contributed by atoms with Crippen LogP contribution in [-0.4, -0.2) is 36.8 Å². The van der Waals surface area contributed by atoms with E-state index in [1.165, 1.54) is 26.4 Å². The normalized spacial score (nSPS) is 28.7. The van der Waals surface area contributed by atoms with Crippen molar-refractivity contribution < 1.29 is 19.1 Å². The number of esters is 1. The number of hydrogen-bond acceptors (Lipinski definition) is 5. The van der Waals surface area contributed by atoms with E-state index in [1.807, 2.05) is 12.1 Å². The molecule has 5 rings (SSSR count). The first kappa shape index (κ1) is 23.2. The van der Waals surface area contributed by atoms with Crippen LogP contribution < -0.4 is 16.8 Å². The molecule has 31 heavy (non-hydrogen) atoms. The van der Waals surface area contributed by atoms with Gasteiger partial charge in [0.25, 0.3) is 0 Å². The molecule has 0 aliphatic heterocycles. The number of carbonyl (C=O) groups is 2. The predicted molar refractivity (Wildman–Crippen MR) is 119 cm³/mol. The SMILES string of the molecule is COC(=O)C(Cc1ccc(N=C(N)N)cc1)NC(=O)OC12CC3CC(CC(C3)C1)C2.Cl. The minimum Gasteiger partial charge on any atom is -0.467 e. The van der Waals surface area contributed by atoms with Crippen molar-refractivity contribution in [3.63, 3.8) is 0 Å². The number of rotatable bonds is 6. The van der Waals surface area contributed by atoms with Crippen LogP contribution in [0.15, 0.2) is 29.3 Å². The number of nitrogens with one attached hydrogen (secondary N) is 1. The van der Waals surface area contributed by atoms with E-state index in [0.717, 1.165) is 24.8 Å². The Labute approximate surface area is 188 Å². The van der Waals surface area contributed by atoms with Gasteiger partial charge in [0.05, 0.1) is 12.8 Å². The highest BCUT2D eigenvalue weighted by Gasteiger charge is 2.53. The van der Waals surface area contributed by atoms with Gasteiger partial charge in [-0.2, -0.15) is 0 Å². The third kappa shape index (κ3) is 5.42. The molecule has 4 bridgehead atoms. The standard InChI is InChI=1S/C22H30N4O4.ClH/c1-29-19(27)18(9-13-2-4-17(5-3-13)25-20(23)24)26-21(28)30-22-10-14-6-15(11-22)8-16(7-14)12-22;/h2-5,14-16,18H,6-12H2,1H3,(H,26,28)(H4,23,24,25);1H. The van der Waals surface area contributed by atoms with Gasteiger partial charge in [0.15, 0.2) is 5.96 Å². The van der Waals surface area contributed by atoms with Crippen LogP contribution in [0.2, 0.25) is 0 Å². The lowest BCUT2D eigenvalue weighted by Gasteiger charge is -2.55. The molecule has 0 saturated heterocycles. The molecule has 0 aromatic heterocycles. The number of carbonyl (C=O) groups excluding carboxylic acids is 2. The fraction of sp³-hybridized carbons (Fsp3) is 0.591. The van der Waals surface area contributed by atoms with E-state index in [0.29, 0.717) is 23.4 Å². The molecule has 9 heteroatoms. The average Bonchev–Trinajstić information content (AvgIpc) is 2.66. The van der Waals surface area contributed by atoms with Gasteiger partial charge < -0.3 is 26.3 Å². The molecule has 1 aromatic rings. The Kier molecular flexibility index (Phi) is 6.99. The molecule has 1 aromatic carbocycles. The fourth-order valence-corrected chi connectivity index (χ4v) is 5.95. The fourth-order valence-electron chi connectivity index (χ4n) is 5.95. The van der Waals surface area contributed by atoms with E-state index in [-0.39, 0.29) is 30.4 Å². The Balaban J connectivity index is 0.00000272. The second-order valence-electron chi connectivity index (χ2n) is 9.12. The monoisotopic (exact) mass is 450 g/mol. The van der Waals surface area contributed by atoms with Crippen LogP contribution >= 0.6 is 12.4 Å². The van der Waals surface area contributed by atoms with Crippen LogP contribution in [0.25, 0.3) is 0 Å². The van der Waals surface area contributed by atoms with E-state index >= 15 is 0 Å². The van der Waals surface area contributed by atoms with E-state index in [4.69, 9.17) is 20.9 Å². The first-order chi connectivity index (χ1) is 14.3. The highest BCUT2D eigenvalue weighted by Crippen LogP contribution is 2.57. The first-order valence-electron chi connectivity index (χ1n) is 10.6. The number of aliphatic imine (C=N–C) groups is 1. The summed E-state index contributed by atoms with van der Waals surface area (Å²) in [5.41, 5.74) is 11.9. The van der Waals surface area contributed by atoms with Crippen LogP contribution in [0, 0.1) is 17.8 Å². The summed E-state index contributed by atoms with van der Waals surface area (Å²) in [6.07, 6.45) is 6.39. The first-order valence-corrected chi connectivity index (χ1v) is 10.6. The number of methoxy groups -OCH3 is 1. The Hall–Kier alpha value is -2.48. The number of benzene rings is 1. The van der Waals surface area contributed by atoms with Crippen molar-refractivity contribution in [2.24, 2.45) is 34.2 Å². The van der Waals surface area contributed by atoms with Crippen molar-refractivity contribution in [3.8, 4) is 0 Å². The van der Waals surface area contributed by atoms with E-state index in [9.17, 15) is 9.59 Å². The van der Waals surface area contributed by atoms with E-state index < -0.39 is 18.1 Å². The van der Waals surface area contributed by atoms with Gasteiger partial charge in [-0.1, -0.05) is 12.1 Å². The van der Waals surface area contributed by atoms with Crippen LogP contribution in [0.1, 0.15) is 44.1 Å². The molecule has 4 aliphatic carbocycles. The zero-order valence-corrected chi connectivity index (χ0v) is 18.5. The van der Waals surface area contributed by atoms with Crippen LogP contribution in [0.5, 0.6) is 0 Å². The molecule has 8 nitrogen and oxygen atoms in total. The van der Waals surface area contributed by atoms with Gasteiger partial charge in [-0.25, -0.2) is 14.6 Å². The average molecular weight is 451 g/mol. The Morgan fingerprint density at radius 2 is 1.65 bits per heavy atom. The van der Waals surface area contributed by atoms with E-state index in [1.54, 1.807) is 12.1 Å². The van der Waals surface area contributed by atoms with Crippen molar-refractivity contribution in [2.45, 2.75) is 56.6 Å². The van der Waals surface area contributed by atoms with Gasteiger partial charge in [0.2, 0.25) is 0 Å². The summed E-state index contributed by atoms with van der Waals surface area (Å²) < 4.78 is 10.9. The number of hydrogen-bond donors (Lipinski definition) is 3. The van der Waals surface area contributed by atoms with Crippen LogP contribution in [-0.2, 0) is 20.7 Å². The lowest BCUT2D eigenvalue weighted by Crippen LogP contribution is -2.55. The summed E-state index contributed by atoms with van der Waals surface area (Å²) in [7, 11) is 1.31. The Bertz CT molecular complexity index is 803. The topological polar surface area (TPSA) is 129 Å². The summed E-state index contributed by atoms with van der Waals surface area (Å²) in [4.78, 5) is 29.0. The summed E-state index contributed by atoms with van der Waals surface area (Å²) in [5.74, 6) is 1.48. The van der Waals surface area contributed by atoms with Crippen molar-refractivity contribution in [1.29, 1.82) is 0 Å². The summed E-state index contributed by atoms with van der Waals surface area (Å²) in [6, 6.07) is 6.28. The van der Waals surface area contributed by atoms with Gasteiger partial charge in [-0.3, -0.25) is 0 Å². The second kappa shape index (κ2) is 9.34. The van der Waals surface area contributed by atoms with Gasteiger partial charge in [-0.15, -0.1) is 12.4 Å². The van der Waals surface area contributed by atoms with Crippen molar-refractivity contribution in [1.82, 2.24) is 5.32 Å². The number of nitrogens with zero attached hydrogens (tertiary/aromatic N) is 1. The minimum atomic E-state index is -0.828. The third-order valence-electron chi connectivity index (χ3n) is 6.70. The largest absolute Gasteiger partial charge is 0.467 e. The number of guanidine groups is 1. The van der Waals surface area contributed by atoms with E-state index in [2.05, 4.69) is 10.3 Å². The quantitative estimate of drug-likeness (QED) is 0.347. The highest BCUT2D eigenvalue weighted by atomic mass is 35.5. The Morgan fingerprint density at radius 1 is 1.10 bits per heavy atom. The van der Waals surface area contributed by atoms with Crippen molar-refractivity contribution in [3.05, 3.63) is 29.8 Å². The summed E-state index contributed by atoms with van der Waals surface area (Å²) >= 11 is 0. The number of ether oxygens (including phenoxy) is 2. The minimum absolute atomic E-state index is 0. The van der Waals surface area contributed by atoms with Gasteiger partial charge in [0, 0.05) is 6.42 Å².